The van der Waals surface area contributed by atoms with Crippen molar-refractivity contribution >= 4 is 11.4 Å². The van der Waals surface area contributed by atoms with Gasteiger partial charge in [-0.15, -0.1) is 0 Å². The average molecular weight is 249 g/mol. The SMILES string of the molecule is Cc1cc([N+](=O)[O-])ccc1N1CC(C)CC(N)C1. The van der Waals surface area contributed by atoms with Crippen LogP contribution in [0.2, 0.25) is 0 Å². The van der Waals surface area contributed by atoms with Gasteiger partial charge >= 0.3 is 0 Å². The van der Waals surface area contributed by atoms with Crippen molar-refractivity contribution in [2.24, 2.45) is 11.7 Å². The molecule has 0 aromatic heterocycles. The standard InChI is InChI=1S/C13H19N3O2/c1-9-5-11(14)8-15(7-9)13-4-3-12(16(17)18)6-10(13)2/h3-4,6,9,11H,5,7-8,14H2,1-2H3. The third-order valence-corrected chi connectivity index (χ3v) is 3.42. The number of piperidine rings is 1. The summed E-state index contributed by atoms with van der Waals surface area (Å²) in [6, 6.07) is 5.20. The molecule has 0 saturated carbocycles. The van der Waals surface area contributed by atoms with Crippen LogP contribution in [-0.2, 0) is 0 Å². The van der Waals surface area contributed by atoms with E-state index in [-0.39, 0.29) is 16.7 Å². The lowest BCUT2D eigenvalue weighted by molar-refractivity contribution is -0.384. The zero-order chi connectivity index (χ0) is 13.3. The smallest absolute Gasteiger partial charge is 0.269 e. The van der Waals surface area contributed by atoms with Crippen LogP contribution in [0.25, 0.3) is 0 Å². The highest BCUT2D eigenvalue weighted by Crippen LogP contribution is 2.28. The number of hydrogen-bond acceptors (Lipinski definition) is 4. The maximum absolute atomic E-state index is 10.7. The Morgan fingerprint density at radius 1 is 1.44 bits per heavy atom. The third-order valence-electron chi connectivity index (χ3n) is 3.42. The Morgan fingerprint density at radius 2 is 2.17 bits per heavy atom. The van der Waals surface area contributed by atoms with Crippen LogP contribution in [0.4, 0.5) is 11.4 Å². The molecule has 1 aliphatic rings. The Morgan fingerprint density at radius 3 is 2.72 bits per heavy atom. The molecule has 0 radical (unpaired) electrons. The summed E-state index contributed by atoms with van der Waals surface area (Å²) >= 11 is 0. The maximum atomic E-state index is 10.7. The molecule has 0 bridgehead atoms. The summed E-state index contributed by atoms with van der Waals surface area (Å²) in [7, 11) is 0. The number of nitro benzene ring substituents is 1. The van der Waals surface area contributed by atoms with Crippen LogP contribution in [0.15, 0.2) is 18.2 Å². The Labute approximate surface area is 107 Å². The quantitative estimate of drug-likeness (QED) is 0.643. The Balaban J connectivity index is 2.25. The predicted molar refractivity (Wildman–Crippen MR) is 71.8 cm³/mol. The number of aryl methyl sites for hydroxylation is 1. The molecule has 98 valence electrons. The molecule has 0 amide bonds. The summed E-state index contributed by atoms with van der Waals surface area (Å²) < 4.78 is 0. The number of benzene rings is 1. The molecule has 1 fully saturated rings. The van der Waals surface area contributed by atoms with Crippen LogP contribution in [-0.4, -0.2) is 24.1 Å². The van der Waals surface area contributed by atoms with Gasteiger partial charge < -0.3 is 10.6 Å². The summed E-state index contributed by atoms with van der Waals surface area (Å²) in [6.45, 7) is 5.88. The molecule has 2 rings (SSSR count). The first-order valence-corrected chi connectivity index (χ1v) is 6.23. The van der Waals surface area contributed by atoms with Crippen molar-refractivity contribution in [3.05, 3.63) is 33.9 Å². The molecule has 1 saturated heterocycles. The van der Waals surface area contributed by atoms with Gasteiger partial charge in [0.25, 0.3) is 5.69 Å². The monoisotopic (exact) mass is 249 g/mol. The summed E-state index contributed by atoms with van der Waals surface area (Å²) in [5.74, 6) is 0.559. The molecule has 2 N–H and O–H groups in total. The lowest BCUT2D eigenvalue weighted by Crippen LogP contribution is -2.46. The van der Waals surface area contributed by atoms with Crippen LogP contribution in [0.5, 0.6) is 0 Å². The molecule has 0 spiro atoms. The summed E-state index contributed by atoms with van der Waals surface area (Å²) in [6.07, 6.45) is 1.04. The molecule has 1 aliphatic heterocycles. The van der Waals surface area contributed by atoms with Gasteiger partial charge in [-0.25, -0.2) is 0 Å². The highest BCUT2D eigenvalue weighted by Gasteiger charge is 2.23. The van der Waals surface area contributed by atoms with E-state index in [1.54, 1.807) is 12.1 Å². The van der Waals surface area contributed by atoms with E-state index in [1.165, 1.54) is 0 Å². The summed E-state index contributed by atoms with van der Waals surface area (Å²) in [5, 5.41) is 10.7. The highest BCUT2D eigenvalue weighted by molar-refractivity contribution is 5.57. The van der Waals surface area contributed by atoms with Crippen molar-refractivity contribution in [3.8, 4) is 0 Å². The fourth-order valence-electron chi connectivity index (χ4n) is 2.70. The van der Waals surface area contributed by atoms with Gasteiger partial charge in [-0.05, 0) is 30.9 Å². The molecular formula is C13H19N3O2. The van der Waals surface area contributed by atoms with Gasteiger partial charge in [0.05, 0.1) is 4.92 Å². The minimum absolute atomic E-state index is 0.144. The van der Waals surface area contributed by atoms with Crippen molar-refractivity contribution in [1.29, 1.82) is 0 Å². The molecular weight excluding hydrogens is 230 g/mol. The third kappa shape index (κ3) is 2.61. The number of nitrogens with two attached hydrogens (primary N) is 1. The number of rotatable bonds is 2. The summed E-state index contributed by atoms with van der Waals surface area (Å²) in [4.78, 5) is 12.6. The molecule has 5 nitrogen and oxygen atoms in total. The molecule has 2 unspecified atom stereocenters. The zero-order valence-electron chi connectivity index (χ0n) is 10.8. The molecule has 1 heterocycles. The first-order chi connectivity index (χ1) is 8.47. The van der Waals surface area contributed by atoms with Crippen LogP contribution >= 0.6 is 0 Å². The van der Waals surface area contributed by atoms with E-state index in [4.69, 9.17) is 5.73 Å². The maximum Gasteiger partial charge on any atom is 0.269 e. The first-order valence-electron chi connectivity index (χ1n) is 6.23. The van der Waals surface area contributed by atoms with Gasteiger partial charge in [-0.1, -0.05) is 6.92 Å². The van der Waals surface area contributed by atoms with E-state index >= 15 is 0 Å². The van der Waals surface area contributed by atoms with Crippen molar-refractivity contribution in [2.75, 3.05) is 18.0 Å². The topological polar surface area (TPSA) is 72.4 Å². The molecule has 1 aromatic carbocycles. The second kappa shape index (κ2) is 4.94. The molecule has 5 heteroatoms. The van der Waals surface area contributed by atoms with Gasteiger partial charge in [-0.3, -0.25) is 10.1 Å². The van der Waals surface area contributed by atoms with E-state index in [9.17, 15) is 10.1 Å². The average Bonchev–Trinajstić information content (AvgIpc) is 2.27. The lowest BCUT2D eigenvalue weighted by Gasteiger charge is -2.37. The van der Waals surface area contributed by atoms with Gasteiger partial charge in [0, 0.05) is 37.0 Å². The number of non-ortho nitro benzene ring substituents is 1. The normalized spacial score (nSPS) is 24.1. The predicted octanol–water partition coefficient (Wildman–Crippen LogP) is 2.08. The van der Waals surface area contributed by atoms with E-state index in [1.807, 2.05) is 13.0 Å². The Kier molecular flexibility index (Phi) is 3.52. The number of nitro groups is 1. The number of nitrogens with zero attached hydrogens (tertiary/aromatic N) is 2. The lowest BCUT2D eigenvalue weighted by atomic mass is 9.95. The fraction of sp³-hybridized carbons (Fsp3) is 0.538. The highest BCUT2D eigenvalue weighted by atomic mass is 16.6. The van der Waals surface area contributed by atoms with E-state index in [0.717, 1.165) is 30.8 Å². The Hall–Kier alpha value is -1.62. The van der Waals surface area contributed by atoms with Gasteiger partial charge in [-0.2, -0.15) is 0 Å². The van der Waals surface area contributed by atoms with Crippen molar-refractivity contribution in [3.63, 3.8) is 0 Å². The van der Waals surface area contributed by atoms with Crippen molar-refractivity contribution in [2.45, 2.75) is 26.3 Å². The molecule has 1 aromatic rings. The number of hydrogen-bond donors (Lipinski definition) is 1. The number of anilines is 1. The molecule has 2 atom stereocenters. The van der Waals surface area contributed by atoms with E-state index in [0.29, 0.717) is 5.92 Å². The van der Waals surface area contributed by atoms with Gasteiger partial charge in [0.1, 0.15) is 0 Å². The van der Waals surface area contributed by atoms with Crippen LogP contribution in [0, 0.1) is 23.0 Å². The van der Waals surface area contributed by atoms with Crippen molar-refractivity contribution in [1.82, 2.24) is 0 Å². The fourth-order valence-corrected chi connectivity index (χ4v) is 2.70. The van der Waals surface area contributed by atoms with Gasteiger partial charge in [0.2, 0.25) is 0 Å². The van der Waals surface area contributed by atoms with Crippen LogP contribution in [0.1, 0.15) is 18.9 Å². The second-order valence-corrected chi connectivity index (χ2v) is 5.23. The van der Waals surface area contributed by atoms with E-state index in [2.05, 4.69) is 11.8 Å². The molecule has 0 aliphatic carbocycles. The Bertz CT molecular complexity index is 452. The summed E-state index contributed by atoms with van der Waals surface area (Å²) in [5.41, 5.74) is 8.17. The first kappa shape index (κ1) is 12.8. The van der Waals surface area contributed by atoms with Crippen LogP contribution < -0.4 is 10.6 Å². The minimum atomic E-state index is -0.360. The molecule has 18 heavy (non-hydrogen) atoms. The zero-order valence-corrected chi connectivity index (χ0v) is 10.8. The minimum Gasteiger partial charge on any atom is -0.369 e. The van der Waals surface area contributed by atoms with Crippen molar-refractivity contribution < 1.29 is 4.92 Å². The van der Waals surface area contributed by atoms with Gasteiger partial charge in [0.15, 0.2) is 0 Å². The largest absolute Gasteiger partial charge is 0.369 e. The van der Waals surface area contributed by atoms with Crippen LogP contribution in [0.3, 0.4) is 0 Å². The second-order valence-electron chi connectivity index (χ2n) is 5.23. The van der Waals surface area contributed by atoms with E-state index < -0.39 is 0 Å².